The number of fused-ring (bicyclic) bond motifs is 1. The number of carbonyl (C=O) groups is 2. The first-order valence-electron chi connectivity index (χ1n) is 7.65. The summed E-state index contributed by atoms with van der Waals surface area (Å²) in [6, 6.07) is 8.68. The van der Waals surface area contributed by atoms with Crippen LogP contribution in [0.2, 0.25) is 5.02 Å². The lowest BCUT2D eigenvalue weighted by molar-refractivity contribution is -0.137. The number of aromatic carboxylic acids is 1. The Labute approximate surface area is 155 Å². The second-order valence-corrected chi connectivity index (χ2v) is 6.21. The highest BCUT2D eigenvalue weighted by Gasteiger charge is 2.30. The number of rotatable bonds is 4. The van der Waals surface area contributed by atoms with E-state index in [1.807, 2.05) is 0 Å². The van der Waals surface area contributed by atoms with E-state index in [1.54, 1.807) is 18.2 Å². The van der Waals surface area contributed by atoms with Crippen LogP contribution in [0.5, 0.6) is 0 Å². The normalized spacial score (nSPS) is 11.6. The van der Waals surface area contributed by atoms with Gasteiger partial charge in [-0.25, -0.2) is 4.79 Å². The molecule has 0 saturated heterocycles. The maximum absolute atomic E-state index is 12.6. The number of benzene rings is 2. The van der Waals surface area contributed by atoms with Gasteiger partial charge in [0, 0.05) is 27.2 Å². The molecule has 0 spiro atoms. The lowest BCUT2D eigenvalue weighted by atomic mass is 10.1. The molecule has 2 aromatic carbocycles. The van der Waals surface area contributed by atoms with Crippen molar-refractivity contribution in [2.45, 2.75) is 12.6 Å². The minimum atomic E-state index is -4.47. The van der Waals surface area contributed by atoms with Gasteiger partial charge >= 0.3 is 12.1 Å². The Morgan fingerprint density at radius 2 is 1.78 bits per heavy atom. The Bertz CT molecular complexity index is 1030. The predicted molar refractivity (Wildman–Crippen MR) is 94.0 cm³/mol. The van der Waals surface area contributed by atoms with Gasteiger partial charge in [-0.15, -0.1) is 0 Å². The number of hydrogen-bond donors (Lipinski definition) is 3. The Morgan fingerprint density at radius 1 is 1.11 bits per heavy atom. The number of nitrogens with one attached hydrogen (secondary N) is 2. The van der Waals surface area contributed by atoms with Crippen LogP contribution in [0.4, 0.5) is 18.9 Å². The molecule has 0 aliphatic carbocycles. The smallest absolute Gasteiger partial charge is 0.416 e. The maximum atomic E-state index is 12.6. The van der Waals surface area contributed by atoms with Crippen LogP contribution in [0.1, 0.15) is 21.6 Å². The van der Waals surface area contributed by atoms with Crippen molar-refractivity contribution >= 4 is 40.1 Å². The van der Waals surface area contributed by atoms with Crippen molar-refractivity contribution in [3.63, 3.8) is 0 Å². The molecule has 0 aliphatic rings. The Hall–Kier alpha value is -3.00. The Morgan fingerprint density at radius 3 is 2.37 bits per heavy atom. The summed E-state index contributed by atoms with van der Waals surface area (Å²) >= 11 is 5.94. The minimum absolute atomic E-state index is 0.144. The zero-order valence-electron chi connectivity index (χ0n) is 13.5. The summed E-state index contributed by atoms with van der Waals surface area (Å²) in [5, 5.41) is 12.7. The zero-order chi connectivity index (χ0) is 19.8. The van der Waals surface area contributed by atoms with E-state index in [1.165, 1.54) is 0 Å². The third-order valence-corrected chi connectivity index (χ3v) is 4.15. The van der Waals surface area contributed by atoms with E-state index in [4.69, 9.17) is 11.6 Å². The van der Waals surface area contributed by atoms with Crippen molar-refractivity contribution in [3.05, 3.63) is 64.3 Å². The van der Waals surface area contributed by atoms with Crippen LogP contribution in [-0.4, -0.2) is 22.0 Å². The molecule has 5 nitrogen and oxygen atoms in total. The van der Waals surface area contributed by atoms with E-state index in [2.05, 4.69) is 10.3 Å². The minimum Gasteiger partial charge on any atom is -0.477 e. The van der Waals surface area contributed by atoms with Crippen molar-refractivity contribution in [2.24, 2.45) is 0 Å². The number of anilines is 1. The number of amides is 1. The van der Waals surface area contributed by atoms with Crippen molar-refractivity contribution < 1.29 is 27.9 Å². The van der Waals surface area contributed by atoms with Crippen LogP contribution in [0.3, 0.4) is 0 Å². The van der Waals surface area contributed by atoms with Gasteiger partial charge in [0.15, 0.2) is 0 Å². The summed E-state index contributed by atoms with van der Waals surface area (Å²) < 4.78 is 37.7. The monoisotopic (exact) mass is 396 g/mol. The summed E-state index contributed by atoms with van der Waals surface area (Å²) in [6.45, 7) is 0. The summed E-state index contributed by atoms with van der Waals surface area (Å²) in [5.41, 5.74) is -0.0592. The maximum Gasteiger partial charge on any atom is 0.416 e. The number of carboxylic acids is 1. The third kappa shape index (κ3) is 4.06. The number of H-pyrrole nitrogens is 1. The van der Waals surface area contributed by atoms with E-state index >= 15 is 0 Å². The van der Waals surface area contributed by atoms with Crippen LogP contribution in [0, 0.1) is 0 Å². The van der Waals surface area contributed by atoms with Gasteiger partial charge in [-0.2, -0.15) is 13.2 Å². The number of aromatic nitrogens is 1. The Balaban J connectivity index is 1.84. The van der Waals surface area contributed by atoms with Crippen molar-refractivity contribution in [2.75, 3.05) is 5.32 Å². The van der Waals surface area contributed by atoms with E-state index in [0.717, 1.165) is 24.3 Å². The highest BCUT2D eigenvalue weighted by atomic mass is 35.5. The lowest BCUT2D eigenvalue weighted by Gasteiger charge is -2.09. The van der Waals surface area contributed by atoms with Crippen molar-refractivity contribution in [1.29, 1.82) is 0 Å². The fourth-order valence-corrected chi connectivity index (χ4v) is 2.87. The SMILES string of the molecule is O=C(Cc1c(C(=O)O)[nH]c2ccc(Cl)cc12)Nc1ccc(C(F)(F)F)cc1. The zero-order valence-corrected chi connectivity index (χ0v) is 14.3. The van der Waals surface area contributed by atoms with E-state index in [-0.39, 0.29) is 23.4 Å². The molecule has 3 N–H and O–H groups in total. The van der Waals surface area contributed by atoms with Gasteiger partial charge in [0.1, 0.15) is 5.69 Å². The average molecular weight is 397 g/mol. The standard InChI is InChI=1S/C18H12ClF3N2O3/c19-10-3-6-14-12(7-10)13(16(24-14)17(26)27)8-15(25)23-11-4-1-9(2-5-11)18(20,21)22/h1-7,24H,8H2,(H,23,25)(H,26,27). The van der Waals surface area contributed by atoms with Crippen LogP contribution in [-0.2, 0) is 17.4 Å². The molecule has 27 heavy (non-hydrogen) atoms. The largest absolute Gasteiger partial charge is 0.477 e. The highest BCUT2D eigenvalue weighted by molar-refractivity contribution is 6.31. The number of alkyl halides is 3. The number of carbonyl (C=O) groups excluding carboxylic acids is 1. The quantitative estimate of drug-likeness (QED) is 0.596. The third-order valence-electron chi connectivity index (χ3n) is 3.92. The molecule has 0 saturated carbocycles. The number of carboxylic acid groups (broad SMARTS) is 1. The molecule has 0 fully saturated rings. The molecular weight excluding hydrogens is 385 g/mol. The first-order valence-corrected chi connectivity index (χ1v) is 8.03. The van der Waals surface area contributed by atoms with E-state index in [9.17, 15) is 27.9 Å². The number of hydrogen-bond acceptors (Lipinski definition) is 2. The van der Waals surface area contributed by atoms with Gasteiger partial charge < -0.3 is 15.4 Å². The topological polar surface area (TPSA) is 82.2 Å². The molecule has 3 aromatic rings. The molecule has 0 aliphatic heterocycles. The molecule has 1 aromatic heterocycles. The number of halogens is 4. The fraction of sp³-hybridized carbons (Fsp3) is 0.111. The van der Waals surface area contributed by atoms with Gasteiger partial charge in [-0.05, 0) is 42.5 Å². The van der Waals surface area contributed by atoms with Crippen molar-refractivity contribution in [3.8, 4) is 0 Å². The molecule has 0 unspecified atom stereocenters. The predicted octanol–water partition coefficient (Wildman–Crippen LogP) is 4.72. The van der Waals surface area contributed by atoms with Gasteiger partial charge in [0.25, 0.3) is 0 Å². The molecule has 0 bridgehead atoms. The average Bonchev–Trinajstić information content (AvgIpc) is 2.92. The second kappa shape index (κ2) is 6.96. The molecule has 140 valence electrons. The summed E-state index contributed by atoms with van der Waals surface area (Å²) in [4.78, 5) is 26.5. The van der Waals surface area contributed by atoms with Gasteiger partial charge in [-0.1, -0.05) is 11.6 Å². The van der Waals surface area contributed by atoms with Gasteiger partial charge in [0.2, 0.25) is 5.91 Å². The lowest BCUT2D eigenvalue weighted by Crippen LogP contribution is -2.16. The van der Waals surface area contributed by atoms with Gasteiger partial charge in [0.05, 0.1) is 12.0 Å². The molecule has 1 amide bonds. The van der Waals surface area contributed by atoms with Crippen LogP contribution in [0.15, 0.2) is 42.5 Å². The van der Waals surface area contributed by atoms with Crippen molar-refractivity contribution in [1.82, 2.24) is 4.98 Å². The number of aromatic amines is 1. The van der Waals surface area contributed by atoms with Crippen LogP contribution < -0.4 is 5.32 Å². The van der Waals surface area contributed by atoms with E-state index < -0.39 is 23.6 Å². The summed E-state index contributed by atoms with van der Waals surface area (Å²) in [5.74, 6) is -1.81. The molecule has 9 heteroatoms. The van der Waals surface area contributed by atoms with Gasteiger partial charge in [-0.3, -0.25) is 4.79 Å². The molecule has 3 rings (SSSR count). The Kier molecular flexibility index (Phi) is 4.84. The summed E-state index contributed by atoms with van der Waals surface area (Å²) in [7, 11) is 0. The molecular formula is C18H12ClF3N2O3. The first-order chi connectivity index (χ1) is 12.6. The highest BCUT2D eigenvalue weighted by Crippen LogP contribution is 2.30. The molecule has 0 radical (unpaired) electrons. The fourth-order valence-electron chi connectivity index (χ4n) is 2.69. The first kappa shape index (κ1) is 18.8. The van der Waals surface area contributed by atoms with Crippen LogP contribution >= 0.6 is 11.6 Å². The molecule has 1 heterocycles. The summed E-state index contributed by atoms with van der Waals surface area (Å²) in [6.07, 6.45) is -4.76. The molecule has 0 atom stereocenters. The van der Waals surface area contributed by atoms with Crippen LogP contribution in [0.25, 0.3) is 10.9 Å². The van der Waals surface area contributed by atoms with E-state index in [0.29, 0.717) is 15.9 Å². The second-order valence-electron chi connectivity index (χ2n) is 5.77.